The lowest BCUT2D eigenvalue weighted by Crippen LogP contribution is -2.25. The van der Waals surface area contributed by atoms with Crippen LogP contribution in [0, 0.1) is 0 Å². The Hall–Kier alpha value is -1.12. The lowest BCUT2D eigenvalue weighted by atomic mass is 9.98. The number of Topliss-reactive ketones (excluding diaryl/α,β-unsaturated/α-hetero) is 1. The Bertz CT molecular complexity index is 239. The number of ether oxygens (including phenoxy) is 1. The van der Waals surface area contributed by atoms with Crippen LogP contribution in [0.4, 0.5) is 0 Å². The van der Waals surface area contributed by atoms with E-state index in [2.05, 4.69) is 6.58 Å². The molecule has 1 aliphatic carbocycles. The summed E-state index contributed by atoms with van der Waals surface area (Å²) >= 11 is 0. The van der Waals surface area contributed by atoms with Crippen LogP contribution in [-0.2, 0) is 14.3 Å². The van der Waals surface area contributed by atoms with Crippen LogP contribution in [0.2, 0.25) is 0 Å². The second-order valence-electron chi connectivity index (χ2n) is 3.92. The Balaban J connectivity index is 2.27. The third kappa shape index (κ3) is 4.28. The van der Waals surface area contributed by atoms with Gasteiger partial charge in [-0.1, -0.05) is 12.5 Å². The lowest BCUT2D eigenvalue weighted by molar-refractivity contribution is -0.159. The van der Waals surface area contributed by atoms with E-state index in [1.165, 1.54) is 6.42 Å². The van der Waals surface area contributed by atoms with E-state index in [0.29, 0.717) is 6.42 Å². The predicted octanol–water partition coefficient (Wildman–Crippen LogP) is 2.40. The molecule has 1 saturated carbocycles. The minimum atomic E-state index is -0.663. The number of carbonyl (C=O) groups excluding carboxylic acids is 2. The van der Waals surface area contributed by atoms with Crippen molar-refractivity contribution >= 4 is 11.8 Å². The maximum Gasteiger partial charge on any atom is 0.374 e. The van der Waals surface area contributed by atoms with Gasteiger partial charge in [-0.15, -0.1) is 6.58 Å². The number of ketones is 1. The number of allylic oxidation sites excluding steroid dienone is 1. The van der Waals surface area contributed by atoms with Gasteiger partial charge in [0.25, 0.3) is 0 Å². The molecule has 0 saturated heterocycles. The molecule has 0 amide bonds. The zero-order valence-electron chi connectivity index (χ0n) is 9.04. The highest BCUT2D eigenvalue weighted by Crippen LogP contribution is 2.20. The molecule has 1 rings (SSSR count). The zero-order chi connectivity index (χ0) is 11.1. The second kappa shape index (κ2) is 6.38. The summed E-state index contributed by atoms with van der Waals surface area (Å²) in [6.07, 6.45) is 7.56. The van der Waals surface area contributed by atoms with E-state index in [4.69, 9.17) is 4.74 Å². The molecule has 0 radical (unpaired) electrons. The van der Waals surface area contributed by atoms with Crippen molar-refractivity contribution in [2.24, 2.45) is 0 Å². The number of carbonyl (C=O) groups is 2. The third-order valence-corrected chi connectivity index (χ3v) is 2.63. The maximum atomic E-state index is 11.3. The molecule has 1 aliphatic rings. The fraction of sp³-hybridized carbons (Fsp3) is 0.667. The average Bonchev–Trinajstić information content (AvgIpc) is 2.27. The molecule has 0 aromatic heterocycles. The van der Waals surface area contributed by atoms with Gasteiger partial charge in [0, 0.05) is 6.42 Å². The van der Waals surface area contributed by atoms with Crippen LogP contribution in [0.25, 0.3) is 0 Å². The first-order valence-electron chi connectivity index (χ1n) is 5.58. The summed E-state index contributed by atoms with van der Waals surface area (Å²) in [6, 6.07) is 0. The molecule has 0 aromatic rings. The molecule has 0 unspecified atom stereocenters. The average molecular weight is 210 g/mol. The Morgan fingerprint density at radius 2 is 1.93 bits per heavy atom. The van der Waals surface area contributed by atoms with Gasteiger partial charge in [0.2, 0.25) is 5.78 Å². The summed E-state index contributed by atoms with van der Waals surface area (Å²) in [6.45, 7) is 3.50. The first kappa shape index (κ1) is 12.0. The molecule has 0 aliphatic heterocycles. The van der Waals surface area contributed by atoms with Gasteiger partial charge in [-0.05, 0) is 32.1 Å². The van der Waals surface area contributed by atoms with Crippen LogP contribution >= 0.6 is 0 Å². The van der Waals surface area contributed by atoms with Crippen molar-refractivity contribution in [2.45, 2.75) is 51.0 Å². The molecular weight excluding hydrogens is 192 g/mol. The number of hydrogen-bond donors (Lipinski definition) is 0. The van der Waals surface area contributed by atoms with Crippen molar-refractivity contribution in [3.05, 3.63) is 12.7 Å². The molecule has 84 valence electrons. The number of esters is 1. The van der Waals surface area contributed by atoms with Crippen molar-refractivity contribution in [1.29, 1.82) is 0 Å². The molecule has 0 N–H and O–H groups in total. The zero-order valence-corrected chi connectivity index (χ0v) is 9.04. The first-order chi connectivity index (χ1) is 7.24. The number of rotatable bonds is 5. The van der Waals surface area contributed by atoms with Gasteiger partial charge in [0.05, 0.1) is 0 Å². The Kier molecular flexibility index (Phi) is 5.08. The molecule has 0 heterocycles. The Morgan fingerprint density at radius 3 is 2.53 bits per heavy atom. The smallest absolute Gasteiger partial charge is 0.374 e. The van der Waals surface area contributed by atoms with Crippen LogP contribution in [0.3, 0.4) is 0 Å². The third-order valence-electron chi connectivity index (χ3n) is 2.63. The molecular formula is C12H18O3. The van der Waals surface area contributed by atoms with Gasteiger partial charge in [-0.3, -0.25) is 4.79 Å². The van der Waals surface area contributed by atoms with Gasteiger partial charge in [0.15, 0.2) is 0 Å². The first-order valence-corrected chi connectivity index (χ1v) is 5.58. The second-order valence-corrected chi connectivity index (χ2v) is 3.92. The monoisotopic (exact) mass is 210 g/mol. The molecule has 3 heteroatoms. The Morgan fingerprint density at radius 1 is 1.27 bits per heavy atom. The SMILES string of the molecule is C=CCCC(=O)C(=O)OC1CCCCC1. The minimum Gasteiger partial charge on any atom is -0.457 e. The molecule has 0 atom stereocenters. The normalized spacial score (nSPS) is 17.1. The van der Waals surface area contributed by atoms with Crippen LogP contribution < -0.4 is 0 Å². The number of hydrogen-bond acceptors (Lipinski definition) is 3. The summed E-state index contributed by atoms with van der Waals surface area (Å²) in [4.78, 5) is 22.6. The van der Waals surface area contributed by atoms with Crippen molar-refractivity contribution in [3.63, 3.8) is 0 Å². The van der Waals surface area contributed by atoms with E-state index >= 15 is 0 Å². The molecule has 3 nitrogen and oxygen atoms in total. The maximum absolute atomic E-state index is 11.3. The summed E-state index contributed by atoms with van der Waals surface area (Å²) in [5, 5.41) is 0. The quantitative estimate of drug-likeness (QED) is 0.397. The van der Waals surface area contributed by atoms with Gasteiger partial charge in [-0.25, -0.2) is 4.79 Å². The van der Waals surface area contributed by atoms with E-state index in [0.717, 1.165) is 25.7 Å². The van der Waals surface area contributed by atoms with Crippen LogP contribution in [-0.4, -0.2) is 17.9 Å². The van der Waals surface area contributed by atoms with Crippen molar-refractivity contribution < 1.29 is 14.3 Å². The highest BCUT2D eigenvalue weighted by Gasteiger charge is 2.21. The van der Waals surface area contributed by atoms with Crippen molar-refractivity contribution in [1.82, 2.24) is 0 Å². The van der Waals surface area contributed by atoms with E-state index in [1.807, 2.05) is 0 Å². The van der Waals surface area contributed by atoms with Crippen LogP contribution in [0.1, 0.15) is 44.9 Å². The lowest BCUT2D eigenvalue weighted by Gasteiger charge is -2.21. The van der Waals surface area contributed by atoms with E-state index in [9.17, 15) is 9.59 Å². The standard InChI is InChI=1S/C12H18O3/c1-2-3-9-11(13)12(14)15-10-7-5-4-6-8-10/h2,10H,1,3-9H2. The van der Waals surface area contributed by atoms with E-state index < -0.39 is 11.8 Å². The van der Waals surface area contributed by atoms with Gasteiger partial charge in [-0.2, -0.15) is 0 Å². The largest absolute Gasteiger partial charge is 0.457 e. The molecule has 0 spiro atoms. The van der Waals surface area contributed by atoms with Crippen LogP contribution in [0.5, 0.6) is 0 Å². The topological polar surface area (TPSA) is 43.4 Å². The molecule has 1 fully saturated rings. The molecule has 0 bridgehead atoms. The summed E-state index contributed by atoms with van der Waals surface area (Å²) < 4.78 is 5.13. The van der Waals surface area contributed by atoms with Gasteiger partial charge < -0.3 is 4.74 Å². The fourth-order valence-electron chi connectivity index (χ4n) is 1.74. The van der Waals surface area contributed by atoms with Gasteiger partial charge >= 0.3 is 5.97 Å². The highest BCUT2D eigenvalue weighted by atomic mass is 16.5. The van der Waals surface area contributed by atoms with E-state index in [-0.39, 0.29) is 12.5 Å². The Labute approximate surface area is 90.5 Å². The van der Waals surface area contributed by atoms with Crippen molar-refractivity contribution in [2.75, 3.05) is 0 Å². The summed E-state index contributed by atoms with van der Waals surface area (Å²) in [5.41, 5.74) is 0. The van der Waals surface area contributed by atoms with Gasteiger partial charge in [0.1, 0.15) is 6.10 Å². The molecule has 0 aromatic carbocycles. The fourth-order valence-corrected chi connectivity index (χ4v) is 1.74. The minimum absolute atomic E-state index is 0.0288. The van der Waals surface area contributed by atoms with Crippen molar-refractivity contribution in [3.8, 4) is 0 Å². The van der Waals surface area contributed by atoms with Crippen LogP contribution in [0.15, 0.2) is 12.7 Å². The summed E-state index contributed by atoms with van der Waals surface area (Å²) in [7, 11) is 0. The predicted molar refractivity (Wildman–Crippen MR) is 57.4 cm³/mol. The molecule has 15 heavy (non-hydrogen) atoms. The highest BCUT2D eigenvalue weighted by molar-refractivity contribution is 6.33. The summed E-state index contributed by atoms with van der Waals surface area (Å²) in [5.74, 6) is -1.09. The van der Waals surface area contributed by atoms with E-state index in [1.54, 1.807) is 6.08 Å².